The quantitative estimate of drug-likeness (QED) is 0.766. The molecule has 2 aliphatic rings. The highest BCUT2D eigenvalue weighted by atomic mass is 15.2. The first-order valence-corrected chi connectivity index (χ1v) is 7.11. The van der Waals surface area contributed by atoms with Gasteiger partial charge < -0.3 is 5.32 Å². The van der Waals surface area contributed by atoms with Crippen molar-refractivity contribution in [1.82, 2.24) is 10.2 Å². The van der Waals surface area contributed by atoms with Gasteiger partial charge in [-0.25, -0.2) is 0 Å². The molecule has 2 fully saturated rings. The maximum atomic E-state index is 8.90. The van der Waals surface area contributed by atoms with Crippen molar-refractivity contribution >= 4 is 0 Å². The van der Waals surface area contributed by atoms with Crippen LogP contribution in [0.2, 0.25) is 0 Å². The van der Waals surface area contributed by atoms with Crippen molar-refractivity contribution in [3.05, 3.63) is 0 Å². The summed E-state index contributed by atoms with van der Waals surface area (Å²) >= 11 is 0. The molecule has 17 heavy (non-hydrogen) atoms. The normalized spacial score (nSPS) is 27.6. The minimum Gasteiger partial charge on any atom is -0.315 e. The third-order valence-corrected chi connectivity index (χ3v) is 4.33. The Morgan fingerprint density at radius 2 is 2.24 bits per heavy atom. The predicted octanol–water partition coefficient (Wildman–Crippen LogP) is 2.14. The molecule has 96 valence electrons. The molecule has 1 heterocycles. The van der Waals surface area contributed by atoms with Crippen LogP contribution in [0.15, 0.2) is 0 Å². The van der Waals surface area contributed by atoms with Crippen LogP contribution in [0.4, 0.5) is 0 Å². The van der Waals surface area contributed by atoms with Gasteiger partial charge in [-0.2, -0.15) is 5.26 Å². The number of likely N-dealkylation sites (N-methyl/N-ethyl adjacent to an activating group) is 1. The summed E-state index contributed by atoms with van der Waals surface area (Å²) in [7, 11) is 0. The minimum atomic E-state index is 0.372. The molecule has 0 aromatic rings. The van der Waals surface area contributed by atoms with Gasteiger partial charge >= 0.3 is 0 Å². The average molecular weight is 235 g/mol. The molecule has 3 heteroatoms. The Bertz CT molecular complexity index is 278. The molecule has 1 unspecified atom stereocenters. The molecule has 1 aliphatic carbocycles. The van der Waals surface area contributed by atoms with E-state index in [9.17, 15) is 0 Å². The van der Waals surface area contributed by atoms with Crippen molar-refractivity contribution in [2.24, 2.45) is 5.41 Å². The Kier molecular flexibility index (Phi) is 4.42. The fraction of sp³-hybridized carbons (Fsp3) is 0.929. The van der Waals surface area contributed by atoms with Crippen molar-refractivity contribution in [3.8, 4) is 6.07 Å². The van der Waals surface area contributed by atoms with Gasteiger partial charge in [-0.1, -0.05) is 13.3 Å². The number of nitriles is 1. The molecule has 0 bridgehead atoms. The zero-order chi connectivity index (χ0) is 12.1. The largest absolute Gasteiger partial charge is 0.315 e. The van der Waals surface area contributed by atoms with Crippen LogP contribution >= 0.6 is 0 Å². The lowest BCUT2D eigenvalue weighted by atomic mass is 9.96. The predicted molar refractivity (Wildman–Crippen MR) is 69.7 cm³/mol. The van der Waals surface area contributed by atoms with Crippen LogP contribution in [0.25, 0.3) is 0 Å². The number of nitrogens with one attached hydrogen (secondary N) is 1. The minimum absolute atomic E-state index is 0.372. The van der Waals surface area contributed by atoms with Crippen LogP contribution < -0.4 is 5.32 Å². The molecule has 0 amide bonds. The third-order valence-electron chi connectivity index (χ3n) is 4.33. The van der Waals surface area contributed by atoms with Gasteiger partial charge in [0.05, 0.1) is 6.07 Å². The Morgan fingerprint density at radius 1 is 1.41 bits per heavy atom. The molecule has 1 N–H and O–H groups in total. The second kappa shape index (κ2) is 5.84. The van der Waals surface area contributed by atoms with Crippen molar-refractivity contribution in [1.29, 1.82) is 5.26 Å². The van der Waals surface area contributed by atoms with Crippen LogP contribution in [0.1, 0.15) is 45.4 Å². The smallest absolute Gasteiger partial charge is 0.0628 e. The molecular weight excluding hydrogens is 210 g/mol. The van der Waals surface area contributed by atoms with Crippen LogP contribution in [-0.4, -0.2) is 37.1 Å². The summed E-state index contributed by atoms with van der Waals surface area (Å²) in [5.74, 6) is 0. The first kappa shape index (κ1) is 12.9. The Balaban J connectivity index is 1.86. The number of nitrogens with zero attached hydrogens (tertiary/aromatic N) is 2. The van der Waals surface area contributed by atoms with E-state index >= 15 is 0 Å². The summed E-state index contributed by atoms with van der Waals surface area (Å²) in [6.07, 6.45) is 7.34. The van der Waals surface area contributed by atoms with Gasteiger partial charge in [-0.15, -0.1) is 0 Å². The van der Waals surface area contributed by atoms with Gasteiger partial charge in [0.15, 0.2) is 0 Å². The van der Waals surface area contributed by atoms with E-state index in [-0.39, 0.29) is 0 Å². The van der Waals surface area contributed by atoms with Crippen LogP contribution in [0.5, 0.6) is 0 Å². The van der Waals surface area contributed by atoms with Gasteiger partial charge in [0, 0.05) is 25.6 Å². The summed E-state index contributed by atoms with van der Waals surface area (Å²) in [6.45, 7) is 6.76. The zero-order valence-corrected chi connectivity index (χ0v) is 11.0. The number of hydrogen-bond donors (Lipinski definition) is 1. The first-order chi connectivity index (χ1) is 8.29. The molecular formula is C14H25N3. The highest BCUT2D eigenvalue weighted by Crippen LogP contribution is 2.49. The van der Waals surface area contributed by atoms with Crippen LogP contribution in [0, 0.1) is 16.7 Å². The van der Waals surface area contributed by atoms with Crippen molar-refractivity contribution in [2.75, 3.05) is 26.2 Å². The lowest BCUT2D eigenvalue weighted by Crippen LogP contribution is -2.47. The maximum Gasteiger partial charge on any atom is 0.0628 e. The summed E-state index contributed by atoms with van der Waals surface area (Å²) in [4.78, 5) is 2.65. The Hall–Kier alpha value is -0.590. The van der Waals surface area contributed by atoms with E-state index in [1.165, 1.54) is 38.6 Å². The molecule has 0 aromatic carbocycles. The van der Waals surface area contributed by atoms with E-state index in [1.54, 1.807) is 0 Å². The van der Waals surface area contributed by atoms with Crippen molar-refractivity contribution in [2.45, 2.75) is 51.5 Å². The lowest BCUT2D eigenvalue weighted by Gasteiger charge is -2.38. The monoisotopic (exact) mass is 235 g/mol. The SMILES string of the molecule is CCNCC1CCCCN1CC1(CC#N)CC1. The summed E-state index contributed by atoms with van der Waals surface area (Å²) in [5, 5.41) is 12.4. The van der Waals surface area contributed by atoms with Crippen LogP contribution in [-0.2, 0) is 0 Å². The molecule has 1 saturated heterocycles. The topological polar surface area (TPSA) is 39.1 Å². The van der Waals surface area contributed by atoms with E-state index in [4.69, 9.17) is 5.26 Å². The molecule has 0 radical (unpaired) electrons. The second-order valence-electron chi connectivity index (χ2n) is 5.76. The van der Waals surface area contributed by atoms with Gasteiger partial charge in [0.25, 0.3) is 0 Å². The van der Waals surface area contributed by atoms with E-state index in [1.807, 2.05) is 0 Å². The molecule has 0 aromatic heterocycles. The van der Waals surface area contributed by atoms with Crippen molar-refractivity contribution < 1.29 is 0 Å². The van der Waals surface area contributed by atoms with E-state index in [0.29, 0.717) is 11.5 Å². The van der Waals surface area contributed by atoms with E-state index in [0.717, 1.165) is 26.1 Å². The summed E-state index contributed by atoms with van der Waals surface area (Å²) < 4.78 is 0. The molecule has 1 saturated carbocycles. The average Bonchev–Trinajstić information content (AvgIpc) is 3.08. The molecule has 1 aliphatic heterocycles. The number of rotatable bonds is 6. The molecule has 3 nitrogen and oxygen atoms in total. The first-order valence-electron chi connectivity index (χ1n) is 7.11. The van der Waals surface area contributed by atoms with Gasteiger partial charge in [-0.3, -0.25) is 4.90 Å². The molecule has 2 rings (SSSR count). The highest BCUT2D eigenvalue weighted by molar-refractivity contribution is 5.02. The van der Waals surface area contributed by atoms with Crippen LogP contribution in [0.3, 0.4) is 0 Å². The number of hydrogen-bond acceptors (Lipinski definition) is 3. The van der Waals surface area contributed by atoms with Gasteiger partial charge in [-0.05, 0) is 44.2 Å². The standard InChI is InChI=1S/C14H25N3/c1-2-16-11-13-5-3-4-10-17(13)12-14(6-7-14)8-9-15/h13,16H,2-8,10-12H2,1H3. The van der Waals surface area contributed by atoms with Gasteiger partial charge in [0.2, 0.25) is 0 Å². The zero-order valence-electron chi connectivity index (χ0n) is 11.0. The van der Waals surface area contributed by atoms with E-state index < -0.39 is 0 Å². The maximum absolute atomic E-state index is 8.90. The Labute approximate surface area is 105 Å². The fourth-order valence-electron chi connectivity index (χ4n) is 2.98. The van der Waals surface area contributed by atoms with E-state index in [2.05, 4.69) is 23.2 Å². The highest BCUT2D eigenvalue weighted by Gasteiger charge is 2.44. The summed E-state index contributed by atoms with van der Waals surface area (Å²) in [6, 6.07) is 3.08. The number of piperidine rings is 1. The second-order valence-corrected chi connectivity index (χ2v) is 5.76. The fourth-order valence-corrected chi connectivity index (χ4v) is 2.98. The summed E-state index contributed by atoms with van der Waals surface area (Å²) in [5.41, 5.74) is 0.372. The Morgan fingerprint density at radius 3 is 2.88 bits per heavy atom. The molecule has 0 spiro atoms. The lowest BCUT2D eigenvalue weighted by molar-refractivity contribution is 0.118. The third kappa shape index (κ3) is 3.43. The number of likely N-dealkylation sites (tertiary alicyclic amines) is 1. The van der Waals surface area contributed by atoms with Crippen molar-refractivity contribution in [3.63, 3.8) is 0 Å². The molecule has 1 atom stereocenters. The van der Waals surface area contributed by atoms with Gasteiger partial charge in [0.1, 0.15) is 0 Å².